The van der Waals surface area contributed by atoms with E-state index in [1.54, 1.807) is 45.9 Å². The molecule has 1 aromatic carbocycles. The molecular weight excluding hydrogens is 470 g/mol. The fourth-order valence-corrected chi connectivity index (χ4v) is 4.06. The molecule has 1 rings (SSSR count). The number of benzene rings is 1. The summed E-state index contributed by atoms with van der Waals surface area (Å²) in [6.45, 7) is 15.7. The Morgan fingerprint density at radius 2 is 1.65 bits per heavy atom. The van der Waals surface area contributed by atoms with Crippen LogP contribution in [0.1, 0.15) is 104 Å². The monoisotopic (exact) mass is 519 g/mol. The number of ether oxygens (including phenoxy) is 1. The van der Waals surface area contributed by atoms with Crippen LogP contribution in [0.4, 0.5) is 4.79 Å². The van der Waals surface area contributed by atoms with Crippen molar-refractivity contribution in [1.82, 2.24) is 15.5 Å². The molecule has 2 unspecified atom stereocenters. The highest BCUT2D eigenvalue weighted by molar-refractivity contribution is 5.92. The van der Waals surface area contributed by atoms with Gasteiger partial charge in [0, 0.05) is 18.7 Å². The third-order valence-electron chi connectivity index (χ3n) is 6.09. The Bertz CT molecular complexity index is 879. The van der Waals surface area contributed by atoms with Gasteiger partial charge in [-0.05, 0) is 52.0 Å². The number of phenolic OH excluding ortho intramolecular Hbond substituents is 1. The van der Waals surface area contributed by atoms with Gasteiger partial charge in [-0.25, -0.2) is 4.79 Å². The Kier molecular flexibility index (Phi) is 13.5. The van der Waals surface area contributed by atoms with Crippen LogP contribution in [-0.4, -0.2) is 52.6 Å². The van der Waals surface area contributed by atoms with E-state index in [0.717, 1.165) is 32.1 Å². The molecule has 8 nitrogen and oxygen atoms in total. The minimum atomic E-state index is -1.03. The van der Waals surface area contributed by atoms with E-state index in [1.807, 2.05) is 13.8 Å². The summed E-state index contributed by atoms with van der Waals surface area (Å²) >= 11 is 0. The summed E-state index contributed by atoms with van der Waals surface area (Å²) < 4.78 is 5.41. The van der Waals surface area contributed by atoms with Crippen LogP contribution >= 0.6 is 0 Å². The Hall–Kier alpha value is -2.77. The molecule has 3 amide bonds. The Balaban J connectivity index is 3.48. The van der Waals surface area contributed by atoms with E-state index < -0.39 is 23.8 Å². The van der Waals surface area contributed by atoms with Crippen LogP contribution in [0.25, 0.3) is 0 Å². The maximum absolute atomic E-state index is 14.1. The SMILES string of the molecule is CCCCCNC(=O)C(c1cccc(C)c1O)N(CCCCC)C(=O)C(NC(=O)OC(C)(C)C)C(C)C. The van der Waals surface area contributed by atoms with Gasteiger partial charge in [-0.3, -0.25) is 9.59 Å². The third kappa shape index (κ3) is 10.6. The molecule has 0 saturated carbocycles. The lowest BCUT2D eigenvalue weighted by Gasteiger charge is -2.36. The van der Waals surface area contributed by atoms with Crippen molar-refractivity contribution in [2.45, 2.75) is 112 Å². The molecule has 0 heterocycles. The van der Waals surface area contributed by atoms with Gasteiger partial charge in [0.2, 0.25) is 11.8 Å². The van der Waals surface area contributed by atoms with Crippen molar-refractivity contribution in [3.63, 3.8) is 0 Å². The predicted molar refractivity (Wildman–Crippen MR) is 147 cm³/mol. The molecule has 0 aliphatic rings. The van der Waals surface area contributed by atoms with Gasteiger partial charge in [0.05, 0.1) is 0 Å². The van der Waals surface area contributed by atoms with E-state index in [4.69, 9.17) is 4.74 Å². The first-order valence-corrected chi connectivity index (χ1v) is 13.7. The number of amides is 3. The number of hydrogen-bond donors (Lipinski definition) is 3. The first-order chi connectivity index (χ1) is 17.3. The highest BCUT2D eigenvalue weighted by atomic mass is 16.6. The second-order valence-corrected chi connectivity index (χ2v) is 11.0. The molecule has 0 aromatic heterocycles. The second kappa shape index (κ2) is 15.5. The average molecular weight is 520 g/mol. The Morgan fingerprint density at radius 1 is 1.03 bits per heavy atom. The number of para-hydroxylation sites is 1. The lowest BCUT2D eigenvalue weighted by molar-refractivity contribution is -0.143. The molecular formula is C29H49N3O5. The van der Waals surface area contributed by atoms with Crippen LogP contribution in [0.5, 0.6) is 5.75 Å². The van der Waals surface area contributed by atoms with E-state index in [1.165, 1.54) is 4.90 Å². The Morgan fingerprint density at radius 3 is 2.22 bits per heavy atom. The molecule has 0 saturated heterocycles. The number of carbonyl (C=O) groups is 3. The summed E-state index contributed by atoms with van der Waals surface area (Å²) in [6.07, 6.45) is 4.64. The zero-order valence-electron chi connectivity index (χ0n) is 24.1. The number of aromatic hydroxyl groups is 1. The number of carbonyl (C=O) groups excluding carboxylic acids is 3. The maximum Gasteiger partial charge on any atom is 0.408 e. The van der Waals surface area contributed by atoms with E-state index in [9.17, 15) is 19.5 Å². The van der Waals surface area contributed by atoms with E-state index >= 15 is 0 Å². The lowest BCUT2D eigenvalue weighted by Crippen LogP contribution is -2.55. The Labute approximate surface area is 223 Å². The molecule has 8 heteroatoms. The summed E-state index contributed by atoms with van der Waals surface area (Å²) in [7, 11) is 0. The molecule has 37 heavy (non-hydrogen) atoms. The van der Waals surface area contributed by atoms with E-state index in [2.05, 4.69) is 24.5 Å². The average Bonchev–Trinajstić information content (AvgIpc) is 2.80. The fourth-order valence-electron chi connectivity index (χ4n) is 4.06. The van der Waals surface area contributed by atoms with Gasteiger partial charge in [0.25, 0.3) is 0 Å². The number of phenols is 1. The standard InChI is InChI=1S/C29H49N3O5/c1-9-11-13-18-30-26(34)24(22-17-15-16-21(5)25(22)33)32(19-14-12-10-2)27(35)23(20(3)4)31-28(36)37-29(6,7)8/h15-17,20,23-24,33H,9-14,18-19H2,1-8H3,(H,30,34)(H,31,36). The van der Waals surface area contributed by atoms with Crippen molar-refractivity contribution in [2.75, 3.05) is 13.1 Å². The number of rotatable bonds is 14. The molecule has 0 fully saturated rings. The van der Waals surface area contributed by atoms with Crippen LogP contribution < -0.4 is 10.6 Å². The number of nitrogens with one attached hydrogen (secondary N) is 2. The van der Waals surface area contributed by atoms with Crippen LogP contribution in [0.3, 0.4) is 0 Å². The normalized spacial score (nSPS) is 13.1. The zero-order chi connectivity index (χ0) is 28.2. The topological polar surface area (TPSA) is 108 Å². The van der Waals surface area contributed by atoms with Crippen molar-refractivity contribution in [3.05, 3.63) is 29.3 Å². The molecule has 0 aliphatic heterocycles. The summed E-state index contributed by atoms with van der Waals surface area (Å²) in [5.41, 5.74) is 0.274. The maximum atomic E-state index is 14.1. The molecule has 210 valence electrons. The van der Waals surface area contributed by atoms with Crippen LogP contribution in [0.2, 0.25) is 0 Å². The van der Waals surface area contributed by atoms with Crippen molar-refractivity contribution >= 4 is 17.9 Å². The van der Waals surface area contributed by atoms with Crippen molar-refractivity contribution in [2.24, 2.45) is 5.92 Å². The van der Waals surface area contributed by atoms with E-state index in [-0.39, 0.29) is 23.5 Å². The predicted octanol–water partition coefficient (Wildman–Crippen LogP) is 5.62. The van der Waals surface area contributed by atoms with Gasteiger partial charge in [-0.2, -0.15) is 0 Å². The van der Waals surface area contributed by atoms with E-state index in [0.29, 0.717) is 30.6 Å². The molecule has 0 aliphatic carbocycles. The van der Waals surface area contributed by atoms with Gasteiger partial charge in [-0.1, -0.05) is 71.6 Å². The number of hydrogen-bond acceptors (Lipinski definition) is 5. The van der Waals surface area contributed by atoms with Crippen molar-refractivity contribution in [3.8, 4) is 5.75 Å². The molecule has 0 bridgehead atoms. The summed E-state index contributed by atoms with van der Waals surface area (Å²) in [5.74, 6) is -0.994. The van der Waals surface area contributed by atoms with Gasteiger partial charge in [0.1, 0.15) is 23.4 Å². The van der Waals surface area contributed by atoms with Gasteiger partial charge >= 0.3 is 6.09 Å². The second-order valence-electron chi connectivity index (χ2n) is 11.0. The van der Waals surface area contributed by atoms with Gasteiger partial charge in [0.15, 0.2) is 0 Å². The van der Waals surface area contributed by atoms with Gasteiger partial charge < -0.3 is 25.4 Å². The molecule has 1 aromatic rings. The van der Waals surface area contributed by atoms with Crippen LogP contribution in [0, 0.1) is 12.8 Å². The fraction of sp³-hybridized carbons (Fsp3) is 0.690. The molecule has 0 spiro atoms. The summed E-state index contributed by atoms with van der Waals surface area (Å²) in [4.78, 5) is 41.8. The number of nitrogens with zero attached hydrogens (tertiary/aromatic N) is 1. The minimum absolute atomic E-state index is 0.00861. The van der Waals surface area contributed by atoms with Crippen LogP contribution in [-0.2, 0) is 14.3 Å². The molecule has 3 N–H and O–H groups in total. The van der Waals surface area contributed by atoms with Crippen molar-refractivity contribution < 1.29 is 24.2 Å². The lowest BCUT2D eigenvalue weighted by atomic mass is 9.96. The smallest absolute Gasteiger partial charge is 0.408 e. The quantitative estimate of drug-likeness (QED) is 0.277. The molecule has 2 atom stereocenters. The number of alkyl carbamates (subject to hydrolysis) is 1. The number of aryl methyl sites for hydroxylation is 1. The van der Waals surface area contributed by atoms with Crippen LogP contribution in [0.15, 0.2) is 18.2 Å². The largest absolute Gasteiger partial charge is 0.507 e. The third-order valence-corrected chi connectivity index (χ3v) is 6.09. The minimum Gasteiger partial charge on any atom is -0.507 e. The highest BCUT2D eigenvalue weighted by Crippen LogP contribution is 2.33. The first kappa shape index (κ1) is 32.3. The van der Waals surface area contributed by atoms with Gasteiger partial charge in [-0.15, -0.1) is 0 Å². The number of unbranched alkanes of at least 4 members (excludes halogenated alkanes) is 4. The highest BCUT2D eigenvalue weighted by Gasteiger charge is 2.38. The summed E-state index contributed by atoms with van der Waals surface area (Å²) in [6, 6.07) is 3.28. The summed E-state index contributed by atoms with van der Waals surface area (Å²) in [5, 5.41) is 16.6. The van der Waals surface area contributed by atoms with Crippen molar-refractivity contribution in [1.29, 1.82) is 0 Å². The zero-order valence-corrected chi connectivity index (χ0v) is 24.1. The first-order valence-electron chi connectivity index (χ1n) is 13.7. The molecule has 0 radical (unpaired) electrons.